The van der Waals surface area contributed by atoms with Crippen molar-refractivity contribution in [1.82, 2.24) is 0 Å². The van der Waals surface area contributed by atoms with Crippen LogP contribution in [0.25, 0.3) is 0 Å². The fraction of sp³-hybridized carbons (Fsp3) is 0.567. The van der Waals surface area contributed by atoms with Gasteiger partial charge in [0.2, 0.25) is 0 Å². The molecular formula is C30H38O5. The molecular weight excluding hydrogens is 440 g/mol. The molecule has 5 rings (SSSR count). The van der Waals surface area contributed by atoms with Gasteiger partial charge < -0.3 is 18.9 Å². The summed E-state index contributed by atoms with van der Waals surface area (Å²) in [5, 5.41) is 0. The van der Waals surface area contributed by atoms with E-state index in [2.05, 4.69) is 37.3 Å². The van der Waals surface area contributed by atoms with Crippen molar-refractivity contribution >= 4 is 6.16 Å². The lowest BCUT2D eigenvalue weighted by atomic mass is 9.55. The Hall–Kier alpha value is -2.53. The van der Waals surface area contributed by atoms with Gasteiger partial charge in [-0.15, -0.1) is 0 Å². The lowest BCUT2D eigenvalue weighted by Crippen LogP contribution is -2.45. The Labute approximate surface area is 209 Å². The minimum absolute atomic E-state index is 0.0380. The molecule has 5 heteroatoms. The Kier molecular flexibility index (Phi) is 7.33. The van der Waals surface area contributed by atoms with Crippen LogP contribution in [0.2, 0.25) is 0 Å². The van der Waals surface area contributed by atoms with Gasteiger partial charge in [-0.05, 0) is 92.0 Å². The zero-order chi connectivity index (χ0) is 24.3. The zero-order valence-electron chi connectivity index (χ0n) is 21.0. The molecule has 0 amide bonds. The highest BCUT2D eigenvalue weighted by Crippen LogP contribution is 2.61. The summed E-state index contributed by atoms with van der Waals surface area (Å²) in [6.07, 6.45) is 5.99. The van der Waals surface area contributed by atoms with Crippen LogP contribution in [0, 0.1) is 17.3 Å². The van der Waals surface area contributed by atoms with E-state index in [1.807, 2.05) is 25.1 Å². The first-order chi connectivity index (χ1) is 17.1. The van der Waals surface area contributed by atoms with E-state index in [1.54, 1.807) is 0 Å². The van der Waals surface area contributed by atoms with Crippen molar-refractivity contribution in [3.05, 3.63) is 65.2 Å². The number of rotatable bonds is 8. The first kappa shape index (κ1) is 24.2. The first-order valence-corrected chi connectivity index (χ1v) is 13.3. The maximum Gasteiger partial charge on any atom is 0.508 e. The molecule has 2 aromatic carbocycles. The summed E-state index contributed by atoms with van der Waals surface area (Å²) in [4.78, 5) is 12.3. The highest BCUT2D eigenvalue weighted by molar-refractivity contribution is 5.60. The average Bonchev–Trinajstić information content (AvgIpc) is 3.21. The quantitative estimate of drug-likeness (QED) is 0.313. The minimum atomic E-state index is -0.546. The summed E-state index contributed by atoms with van der Waals surface area (Å²) in [6.45, 7) is 6.15. The summed E-state index contributed by atoms with van der Waals surface area (Å²) in [6, 6.07) is 17.1. The van der Waals surface area contributed by atoms with Crippen molar-refractivity contribution in [1.29, 1.82) is 0 Å². The standard InChI is InChI=1S/C30H38O5/c1-3-32-17-18-33-29(31)35-28-14-13-27-26-11-9-22-19-23(34-20-21-7-5-4-6-8-21)10-12-24(22)25(26)15-16-30(27,28)2/h4-8,10,12,19,25-28H,3,9,11,13-18,20H2,1-2H3/t25-,26-,27?,28-,30+/m1/s1. The molecule has 1 unspecified atom stereocenters. The van der Waals surface area contributed by atoms with Crippen molar-refractivity contribution in [2.45, 2.75) is 71.0 Å². The van der Waals surface area contributed by atoms with Gasteiger partial charge in [-0.2, -0.15) is 0 Å². The number of aryl methyl sites for hydroxylation is 1. The van der Waals surface area contributed by atoms with Crippen LogP contribution in [0.15, 0.2) is 48.5 Å². The number of fused-ring (bicyclic) bond motifs is 5. The van der Waals surface area contributed by atoms with E-state index in [9.17, 15) is 4.79 Å². The molecule has 2 fully saturated rings. The van der Waals surface area contributed by atoms with Gasteiger partial charge in [-0.3, -0.25) is 0 Å². The summed E-state index contributed by atoms with van der Waals surface area (Å²) >= 11 is 0. The highest BCUT2D eigenvalue weighted by atomic mass is 16.7. The second-order valence-corrected chi connectivity index (χ2v) is 10.6. The molecule has 2 aromatic rings. The second kappa shape index (κ2) is 10.6. The molecule has 2 saturated carbocycles. The van der Waals surface area contributed by atoms with E-state index in [4.69, 9.17) is 18.9 Å². The Morgan fingerprint density at radius 1 is 1.03 bits per heavy atom. The molecule has 35 heavy (non-hydrogen) atoms. The van der Waals surface area contributed by atoms with Gasteiger partial charge in [-0.1, -0.05) is 43.3 Å². The van der Waals surface area contributed by atoms with Crippen LogP contribution in [-0.2, 0) is 27.2 Å². The van der Waals surface area contributed by atoms with Gasteiger partial charge in [0.1, 0.15) is 25.1 Å². The predicted molar refractivity (Wildman–Crippen MR) is 135 cm³/mol. The van der Waals surface area contributed by atoms with E-state index in [0.29, 0.717) is 37.6 Å². The van der Waals surface area contributed by atoms with Crippen LogP contribution in [0.4, 0.5) is 4.79 Å². The fourth-order valence-electron chi connectivity index (χ4n) is 7.01. The molecule has 0 aliphatic heterocycles. The maximum absolute atomic E-state index is 12.3. The minimum Gasteiger partial charge on any atom is -0.489 e. The molecule has 0 heterocycles. The maximum atomic E-state index is 12.3. The average molecular weight is 479 g/mol. The molecule has 3 aliphatic carbocycles. The molecule has 188 valence electrons. The topological polar surface area (TPSA) is 54.0 Å². The first-order valence-electron chi connectivity index (χ1n) is 13.3. The Balaban J connectivity index is 1.22. The molecule has 0 spiro atoms. The van der Waals surface area contributed by atoms with Crippen LogP contribution < -0.4 is 4.74 Å². The predicted octanol–water partition coefficient (Wildman–Crippen LogP) is 6.68. The fourth-order valence-corrected chi connectivity index (χ4v) is 7.01. The zero-order valence-corrected chi connectivity index (χ0v) is 21.0. The van der Waals surface area contributed by atoms with Crippen molar-refractivity contribution in [2.24, 2.45) is 17.3 Å². The second-order valence-electron chi connectivity index (χ2n) is 10.6. The third kappa shape index (κ3) is 5.06. The highest BCUT2D eigenvalue weighted by Gasteiger charge is 2.56. The third-order valence-corrected chi connectivity index (χ3v) is 8.75. The van der Waals surface area contributed by atoms with Crippen LogP contribution >= 0.6 is 0 Å². The van der Waals surface area contributed by atoms with Crippen molar-refractivity contribution in [3.63, 3.8) is 0 Å². The van der Waals surface area contributed by atoms with Gasteiger partial charge >= 0.3 is 6.16 Å². The molecule has 3 aliphatic rings. The van der Waals surface area contributed by atoms with Crippen molar-refractivity contribution in [3.8, 4) is 5.75 Å². The van der Waals surface area contributed by atoms with Crippen LogP contribution in [0.5, 0.6) is 5.75 Å². The van der Waals surface area contributed by atoms with E-state index in [0.717, 1.165) is 37.9 Å². The Morgan fingerprint density at radius 3 is 2.71 bits per heavy atom. The molecule has 0 saturated heterocycles. The van der Waals surface area contributed by atoms with Gasteiger partial charge in [0, 0.05) is 12.0 Å². The number of hydrogen-bond donors (Lipinski definition) is 0. The normalized spacial score (nSPS) is 29.0. The molecule has 0 N–H and O–H groups in total. The Bertz CT molecular complexity index is 1010. The van der Waals surface area contributed by atoms with Gasteiger partial charge in [-0.25, -0.2) is 4.79 Å². The van der Waals surface area contributed by atoms with Gasteiger partial charge in [0.15, 0.2) is 0 Å². The van der Waals surface area contributed by atoms with E-state index < -0.39 is 6.16 Å². The summed E-state index contributed by atoms with van der Waals surface area (Å²) in [5.41, 5.74) is 4.18. The lowest BCUT2D eigenvalue weighted by Gasteiger charge is -2.50. The SMILES string of the molecule is CCOCCOC(=O)O[C@@H]1CCC2[C@@H]3CCc4cc(OCc5ccccc5)ccc4[C@H]3CC[C@@]21C. The van der Waals surface area contributed by atoms with Crippen LogP contribution in [-0.4, -0.2) is 32.1 Å². The van der Waals surface area contributed by atoms with Crippen molar-refractivity contribution in [2.75, 3.05) is 19.8 Å². The van der Waals surface area contributed by atoms with Gasteiger partial charge in [0.25, 0.3) is 0 Å². The number of carbonyl (C=O) groups excluding carboxylic acids is 1. The number of benzene rings is 2. The molecule has 0 aromatic heterocycles. The van der Waals surface area contributed by atoms with E-state index in [-0.39, 0.29) is 18.1 Å². The number of hydrogen-bond acceptors (Lipinski definition) is 5. The molecule has 0 bridgehead atoms. The van der Waals surface area contributed by atoms with Crippen LogP contribution in [0.3, 0.4) is 0 Å². The molecule has 5 nitrogen and oxygen atoms in total. The smallest absolute Gasteiger partial charge is 0.489 e. The third-order valence-electron chi connectivity index (χ3n) is 8.75. The summed E-state index contributed by atoms with van der Waals surface area (Å²) in [5.74, 6) is 2.80. The lowest BCUT2D eigenvalue weighted by molar-refractivity contribution is -0.0579. The van der Waals surface area contributed by atoms with E-state index >= 15 is 0 Å². The van der Waals surface area contributed by atoms with Crippen molar-refractivity contribution < 1.29 is 23.7 Å². The molecule has 0 radical (unpaired) electrons. The monoisotopic (exact) mass is 478 g/mol. The molecule has 5 atom stereocenters. The van der Waals surface area contributed by atoms with E-state index in [1.165, 1.54) is 23.1 Å². The number of ether oxygens (including phenoxy) is 4. The van der Waals surface area contributed by atoms with Gasteiger partial charge in [0.05, 0.1) is 6.61 Å². The Morgan fingerprint density at radius 2 is 1.89 bits per heavy atom. The summed E-state index contributed by atoms with van der Waals surface area (Å²) in [7, 11) is 0. The van der Waals surface area contributed by atoms with Crippen LogP contribution in [0.1, 0.15) is 68.6 Å². The summed E-state index contributed by atoms with van der Waals surface area (Å²) < 4.78 is 22.5. The number of carbonyl (C=O) groups is 1. The largest absolute Gasteiger partial charge is 0.508 e.